The van der Waals surface area contributed by atoms with Gasteiger partial charge in [-0.2, -0.15) is 0 Å². The van der Waals surface area contributed by atoms with Gasteiger partial charge in [-0.1, -0.05) is 12.1 Å². The SMILES string of the molecule is C#CCCCC(O)Cc1cccc(F)c1. The second kappa shape index (κ2) is 6.21. The monoisotopic (exact) mass is 206 g/mol. The van der Waals surface area contributed by atoms with Gasteiger partial charge in [0.25, 0.3) is 0 Å². The summed E-state index contributed by atoms with van der Waals surface area (Å²) < 4.78 is 12.8. The third kappa shape index (κ3) is 4.62. The van der Waals surface area contributed by atoms with Crippen molar-refractivity contribution in [3.63, 3.8) is 0 Å². The van der Waals surface area contributed by atoms with Crippen LogP contribution in [0.15, 0.2) is 24.3 Å². The fourth-order valence-corrected chi connectivity index (χ4v) is 1.48. The van der Waals surface area contributed by atoms with E-state index in [1.807, 2.05) is 6.07 Å². The van der Waals surface area contributed by atoms with E-state index in [-0.39, 0.29) is 5.82 Å². The Morgan fingerprint density at radius 1 is 1.47 bits per heavy atom. The van der Waals surface area contributed by atoms with Gasteiger partial charge in [0.05, 0.1) is 6.10 Å². The largest absolute Gasteiger partial charge is 0.393 e. The minimum absolute atomic E-state index is 0.261. The van der Waals surface area contributed by atoms with Crippen molar-refractivity contribution >= 4 is 0 Å². The van der Waals surface area contributed by atoms with E-state index in [0.717, 1.165) is 12.0 Å². The Bertz CT molecular complexity index is 341. The van der Waals surface area contributed by atoms with Crippen LogP contribution in [0.2, 0.25) is 0 Å². The summed E-state index contributed by atoms with van der Waals surface area (Å²) in [6.45, 7) is 0. The summed E-state index contributed by atoms with van der Waals surface area (Å²) in [7, 11) is 0. The lowest BCUT2D eigenvalue weighted by atomic mass is 10.0. The zero-order valence-corrected chi connectivity index (χ0v) is 8.62. The Kier molecular flexibility index (Phi) is 4.86. The van der Waals surface area contributed by atoms with Crippen LogP contribution >= 0.6 is 0 Å². The predicted molar refractivity (Wildman–Crippen MR) is 58.8 cm³/mol. The number of terminal acetylenes is 1. The molecule has 2 heteroatoms. The highest BCUT2D eigenvalue weighted by Crippen LogP contribution is 2.10. The highest BCUT2D eigenvalue weighted by molar-refractivity contribution is 5.16. The highest BCUT2D eigenvalue weighted by Gasteiger charge is 2.05. The van der Waals surface area contributed by atoms with Gasteiger partial charge in [-0.05, 0) is 37.0 Å². The molecule has 15 heavy (non-hydrogen) atoms. The van der Waals surface area contributed by atoms with Gasteiger partial charge < -0.3 is 5.11 Å². The average Bonchev–Trinajstić information content (AvgIpc) is 2.18. The molecule has 0 aliphatic carbocycles. The van der Waals surface area contributed by atoms with Gasteiger partial charge in [0.1, 0.15) is 5.82 Å². The summed E-state index contributed by atoms with van der Waals surface area (Å²) in [6, 6.07) is 6.31. The van der Waals surface area contributed by atoms with E-state index >= 15 is 0 Å². The molecule has 0 saturated heterocycles. The molecular formula is C13H15FO. The first-order chi connectivity index (χ1) is 7.22. The van der Waals surface area contributed by atoms with Crippen molar-refractivity contribution in [2.45, 2.75) is 31.8 Å². The molecule has 0 aliphatic rings. The summed E-state index contributed by atoms with van der Waals surface area (Å²) in [5.41, 5.74) is 0.822. The van der Waals surface area contributed by atoms with E-state index in [1.165, 1.54) is 12.1 Å². The second-order valence-corrected chi connectivity index (χ2v) is 3.58. The fourth-order valence-electron chi connectivity index (χ4n) is 1.48. The number of halogens is 1. The molecule has 0 bridgehead atoms. The molecule has 1 atom stereocenters. The lowest BCUT2D eigenvalue weighted by Gasteiger charge is -2.09. The summed E-state index contributed by atoms with van der Waals surface area (Å²) in [6.07, 6.45) is 7.32. The second-order valence-electron chi connectivity index (χ2n) is 3.58. The van der Waals surface area contributed by atoms with Crippen LogP contribution in [-0.4, -0.2) is 11.2 Å². The molecule has 1 N–H and O–H groups in total. The molecule has 0 saturated carbocycles. The Morgan fingerprint density at radius 2 is 2.27 bits per heavy atom. The Hall–Kier alpha value is -1.33. The molecule has 1 unspecified atom stereocenters. The van der Waals surface area contributed by atoms with E-state index in [0.29, 0.717) is 19.3 Å². The van der Waals surface area contributed by atoms with E-state index in [9.17, 15) is 9.50 Å². The van der Waals surface area contributed by atoms with Crippen molar-refractivity contribution in [3.05, 3.63) is 35.6 Å². The van der Waals surface area contributed by atoms with Gasteiger partial charge >= 0.3 is 0 Å². The zero-order chi connectivity index (χ0) is 11.1. The van der Waals surface area contributed by atoms with Crippen molar-refractivity contribution < 1.29 is 9.50 Å². The minimum atomic E-state index is -0.430. The maximum Gasteiger partial charge on any atom is 0.123 e. The molecule has 0 amide bonds. The van der Waals surface area contributed by atoms with Crippen LogP contribution in [0.3, 0.4) is 0 Å². The van der Waals surface area contributed by atoms with E-state index in [4.69, 9.17) is 6.42 Å². The molecule has 0 heterocycles. The van der Waals surface area contributed by atoms with Crippen LogP contribution in [-0.2, 0) is 6.42 Å². The molecule has 1 aromatic carbocycles. The van der Waals surface area contributed by atoms with Crippen molar-refractivity contribution in [1.29, 1.82) is 0 Å². The van der Waals surface area contributed by atoms with Crippen molar-refractivity contribution in [2.24, 2.45) is 0 Å². The number of aliphatic hydroxyl groups is 1. The lowest BCUT2D eigenvalue weighted by Crippen LogP contribution is -2.10. The summed E-state index contributed by atoms with van der Waals surface area (Å²) in [5, 5.41) is 9.63. The van der Waals surface area contributed by atoms with Crippen LogP contribution in [0.4, 0.5) is 4.39 Å². The van der Waals surface area contributed by atoms with Crippen LogP contribution in [0.5, 0.6) is 0 Å². The number of rotatable bonds is 5. The predicted octanol–water partition coefficient (Wildman–Crippen LogP) is 2.53. The van der Waals surface area contributed by atoms with Crippen molar-refractivity contribution in [2.75, 3.05) is 0 Å². The van der Waals surface area contributed by atoms with Crippen LogP contribution in [0.1, 0.15) is 24.8 Å². The first-order valence-corrected chi connectivity index (χ1v) is 5.08. The summed E-state index contributed by atoms with van der Waals surface area (Å²) in [5.74, 6) is 2.26. The molecule has 80 valence electrons. The molecule has 0 radical (unpaired) electrons. The molecule has 1 rings (SSSR count). The standard InChI is InChI=1S/C13H15FO/c1-2-3-4-8-13(15)10-11-6-5-7-12(14)9-11/h1,5-7,9,13,15H,3-4,8,10H2. The van der Waals surface area contributed by atoms with E-state index in [2.05, 4.69) is 5.92 Å². The molecule has 0 fully saturated rings. The fraction of sp³-hybridized carbons (Fsp3) is 0.385. The first kappa shape index (κ1) is 11.7. The maximum atomic E-state index is 12.8. The van der Waals surface area contributed by atoms with Gasteiger partial charge in [-0.15, -0.1) is 12.3 Å². The quantitative estimate of drug-likeness (QED) is 0.580. The Balaban J connectivity index is 2.38. The number of hydrogen-bond acceptors (Lipinski definition) is 1. The van der Waals surface area contributed by atoms with Gasteiger partial charge in [-0.3, -0.25) is 0 Å². The van der Waals surface area contributed by atoms with Gasteiger partial charge in [0, 0.05) is 6.42 Å². The number of unbranched alkanes of at least 4 members (excludes halogenated alkanes) is 1. The summed E-state index contributed by atoms with van der Waals surface area (Å²) in [4.78, 5) is 0. The van der Waals surface area contributed by atoms with Gasteiger partial charge in [-0.25, -0.2) is 4.39 Å². The summed E-state index contributed by atoms with van der Waals surface area (Å²) >= 11 is 0. The smallest absolute Gasteiger partial charge is 0.123 e. The molecule has 1 nitrogen and oxygen atoms in total. The first-order valence-electron chi connectivity index (χ1n) is 5.08. The number of aliphatic hydroxyl groups excluding tert-OH is 1. The van der Waals surface area contributed by atoms with E-state index in [1.54, 1.807) is 6.07 Å². The maximum absolute atomic E-state index is 12.8. The number of hydrogen-bond donors (Lipinski definition) is 1. The van der Waals surface area contributed by atoms with Crippen molar-refractivity contribution in [1.82, 2.24) is 0 Å². The van der Waals surface area contributed by atoms with Crippen LogP contribution < -0.4 is 0 Å². The zero-order valence-electron chi connectivity index (χ0n) is 8.62. The van der Waals surface area contributed by atoms with Gasteiger partial charge in [0.2, 0.25) is 0 Å². The van der Waals surface area contributed by atoms with Crippen LogP contribution in [0, 0.1) is 18.2 Å². The molecule has 0 aliphatic heterocycles. The number of benzene rings is 1. The third-order valence-electron chi connectivity index (χ3n) is 2.22. The third-order valence-corrected chi connectivity index (χ3v) is 2.22. The molecule has 0 aromatic heterocycles. The molecular weight excluding hydrogens is 191 g/mol. The topological polar surface area (TPSA) is 20.2 Å². The molecule has 0 spiro atoms. The van der Waals surface area contributed by atoms with Gasteiger partial charge in [0.15, 0.2) is 0 Å². The normalized spacial score (nSPS) is 12.1. The highest BCUT2D eigenvalue weighted by atomic mass is 19.1. The minimum Gasteiger partial charge on any atom is -0.393 e. The molecule has 1 aromatic rings. The van der Waals surface area contributed by atoms with Crippen LogP contribution in [0.25, 0.3) is 0 Å². The van der Waals surface area contributed by atoms with Crippen molar-refractivity contribution in [3.8, 4) is 12.3 Å². The Labute approximate surface area is 89.9 Å². The Morgan fingerprint density at radius 3 is 2.93 bits per heavy atom. The van der Waals surface area contributed by atoms with E-state index < -0.39 is 6.10 Å². The average molecular weight is 206 g/mol. The lowest BCUT2D eigenvalue weighted by molar-refractivity contribution is 0.162.